The first-order valence-corrected chi connectivity index (χ1v) is 9.82. The highest BCUT2D eigenvalue weighted by Gasteiger charge is 2.20. The lowest BCUT2D eigenvalue weighted by atomic mass is 9.97. The molecule has 0 radical (unpaired) electrons. The van der Waals surface area contributed by atoms with Gasteiger partial charge in [-0.3, -0.25) is 4.79 Å². The van der Waals surface area contributed by atoms with E-state index in [-0.39, 0.29) is 12.1 Å². The third-order valence-electron chi connectivity index (χ3n) is 4.57. The standard InChI is InChI=1S/C23H30N4O3/c1-23(2,11-6-13-25-20-9-5-12-26-21(20)24)27-14-10-17-7-4-8-18(15-17)19(16-30-3)22(28)29/h4-5,7-9,12,15,19,25,27H,10,13-14,16H2,1-3H3,(H2,24,26)(H,28,29)/t19-/m1/s1. The van der Waals surface area contributed by atoms with Crippen molar-refractivity contribution in [3.8, 4) is 11.8 Å². The van der Waals surface area contributed by atoms with Crippen LogP contribution in [0, 0.1) is 11.8 Å². The number of carboxylic acid groups (broad SMARTS) is 1. The van der Waals surface area contributed by atoms with E-state index in [1.165, 1.54) is 7.11 Å². The van der Waals surface area contributed by atoms with Gasteiger partial charge in [-0.2, -0.15) is 0 Å². The van der Waals surface area contributed by atoms with Crippen molar-refractivity contribution >= 4 is 17.5 Å². The van der Waals surface area contributed by atoms with Crippen LogP contribution in [0.25, 0.3) is 0 Å². The molecule has 2 rings (SSSR count). The fraction of sp³-hybridized carbons (Fsp3) is 0.391. The molecule has 7 heteroatoms. The molecule has 0 amide bonds. The minimum absolute atomic E-state index is 0.151. The smallest absolute Gasteiger partial charge is 0.313 e. The highest BCUT2D eigenvalue weighted by molar-refractivity contribution is 5.76. The van der Waals surface area contributed by atoms with Crippen molar-refractivity contribution in [3.05, 3.63) is 53.7 Å². The van der Waals surface area contributed by atoms with E-state index >= 15 is 0 Å². The highest BCUT2D eigenvalue weighted by Crippen LogP contribution is 2.18. The van der Waals surface area contributed by atoms with Crippen LogP contribution in [0.4, 0.5) is 11.5 Å². The highest BCUT2D eigenvalue weighted by atomic mass is 16.5. The zero-order chi connectivity index (χ0) is 22.0. The molecule has 1 heterocycles. The van der Waals surface area contributed by atoms with Crippen LogP contribution < -0.4 is 16.4 Å². The Morgan fingerprint density at radius 2 is 2.13 bits per heavy atom. The number of pyridine rings is 1. The van der Waals surface area contributed by atoms with Crippen molar-refractivity contribution < 1.29 is 14.6 Å². The summed E-state index contributed by atoms with van der Waals surface area (Å²) in [4.78, 5) is 15.5. The first-order chi connectivity index (χ1) is 14.3. The Labute approximate surface area is 178 Å². The summed E-state index contributed by atoms with van der Waals surface area (Å²) in [5, 5.41) is 16.0. The molecule has 0 aliphatic carbocycles. The average Bonchev–Trinajstić information content (AvgIpc) is 2.70. The number of nitrogen functional groups attached to an aromatic ring is 1. The minimum Gasteiger partial charge on any atom is -0.481 e. The van der Waals surface area contributed by atoms with E-state index in [1.54, 1.807) is 6.20 Å². The molecule has 5 N–H and O–H groups in total. The topological polar surface area (TPSA) is 110 Å². The van der Waals surface area contributed by atoms with Crippen LogP contribution in [-0.2, 0) is 16.0 Å². The van der Waals surface area contributed by atoms with Gasteiger partial charge < -0.3 is 26.2 Å². The maximum absolute atomic E-state index is 11.5. The normalized spacial score (nSPS) is 12.0. The number of carbonyl (C=O) groups is 1. The van der Waals surface area contributed by atoms with Gasteiger partial charge in [0.25, 0.3) is 0 Å². The molecule has 0 saturated carbocycles. The second-order valence-electron chi connectivity index (χ2n) is 7.48. The summed E-state index contributed by atoms with van der Waals surface area (Å²) >= 11 is 0. The monoisotopic (exact) mass is 410 g/mol. The molecule has 30 heavy (non-hydrogen) atoms. The molecule has 0 saturated heterocycles. The predicted molar refractivity (Wildman–Crippen MR) is 119 cm³/mol. The third kappa shape index (κ3) is 7.39. The molecular formula is C23H30N4O3. The number of hydrogen-bond acceptors (Lipinski definition) is 6. The molecule has 2 aromatic rings. The van der Waals surface area contributed by atoms with E-state index in [2.05, 4.69) is 27.5 Å². The molecule has 1 aromatic heterocycles. The number of rotatable bonds is 10. The molecule has 1 aromatic carbocycles. The molecule has 0 bridgehead atoms. The van der Waals surface area contributed by atoms with Crippen LogP contribution in [-0.4, -0.2) is 48.4 Å². The van der Waals surface area contributed by atoms with Gasteiger partial charge in [-0.05, 0) is 43.5 Å². The molecule has 0 fully saturated rings. The van der Waals surface area contributed by atoms with Gasteiger partial charge in [-0.25, -0.2) is 4.98 Å². The number of methoxy groups -OCH3 is 1. The Kier molecular flexibility index (Phi) is 8.66. The maximum atomic E-state index is 11.5. The average molecular weight is 411 g/mol. The zero-order valence-corrected chi connectivity index (χ0v) is 17.7. The number of ether oxygens (including phenoxy) is 1. The molecule has 7 nitrogen and oxygen atoms in total. The number of aliphatic carboxylic acids is 1. The van der Waals surface area contributed by atoms with Crippen molar-refractivity contribution in [2.75, 3.05) is 37.9 Å². The lowest BCUT2D eigenvalue weighted by Crippen LogP contribution is -2.39. The van der Waals surface area contributed by atoms with Gasteiger partial charge >= 0.3 is 5.97 Å². The quantitative estimate of drug-likeness (QED) is 0.446. The summed E-state index contributed by atoms with van der Waals surface area (Å²) in [6, 6.07) is 11.3. The van der Waals surface area contributed by atoms with Crippen LogP contribution in [0.1, 0.15) is 30.9 Å². The summed E-state index contributed by atoms with van der Waals surface area (Å²) < 4.78 is 5.04. The van der Waals surface area contributed by atoms with E-state index < -0.39 is 11.9 Å². The Bertz CT molecular complexity index is 903. The van der Waals surface area contributed by atoms with Crippen LogP contribution in [0.3, 0.4) is 0 Å². The van der Waals surface area contributed by atoms with Crippen LogP contribution in [0.15, 0.2) is 42.6 Å². The summed E-state index contributed by atoms with van der Waals surface area (Å²) in [6.45, 7) is 5.38. The summed E-state index contributed by atoms with van der Waals surface area (Å²) in [6.07, 6.45) is 2.41. The van der Waals surface area contributed by atoms with Gasteiger partial charge in [0.15, 0.2) is 0 Å². The van der Waals surface area contributed by atoms with E-state index in [0.717, 1.165) is 29.8 Å². The number of nitrogens with two attached hydrogens (primary N) is 1. The van der Waals surface area contributed by atoms with Crippen LogP contribution in [0.2, 0.25) is 0 Å². The Hall–Kier alpha value is -3.08. The summed E-state index contributed by atoms with van der Waals surface area (Å²) in [5.74, 6) is 5.24. The number of hydrogen-bond donors (Lipinski definition) is 4. The van der Waals surface area contributed by atoms with E-state index in [9.17, 15) is 9.90 Å². The fourth-order valence-electron chi connectivity index (χ4n) is 2.98. The number of nitrogens with one attached hydrogen (secondary N) is 2. The van der Waals surface area contributed by atoms with Gasteiger partial charge in [-0.1, -0.05) is 36.1 Å². The molecule has 160 valence electrons. The molecule has 0 aliphatic rings. The van der Waals surface area contributed by atoms with Gasteiger partial charge in [0.1, 0.15) is 11.7 Å². The summed E-state index contributed by atoms with van der Waals surface area (Å²) in [7, 11) is 1.51. The second kappa shape index (κ2) is 11.2. The first kappa shape index (κ1) is 23.2. The molecule has 0 unspecified atom stereocenters. The number of nitrogens with zero attached hydrogens (tertiary/aromatic N) is 1. The van der Waals surface area contributed by atoms with Gasteiger partial charge in [-0.15, -0.1) is 0 Å². The van der Waals surface area contributed by atoms with Crippen molar-refractivity contribution in [2.45, 2.75) is 31.7 Å². The second-order valence-corrected chi connectivity index (χ2v) is 7.48. The summed E-state index contributed by atoms with van der Waals surface area (Å²) in [5.41, 5.74) is 8.03. The fourth-order valence-corrected chi connectivity index (χ4v) is 2.98. The van der Waals surface area contributed by atoms with E-state index in [0.29, 0.717) is 12.4 Å². The number of aromatic nitrogens is 1. The minimum atomic E-state index is -0.884. The number of benzene rings is 1. The van der Waals surface area contributed by atoms with E-state index in [4.69, 9.17) is 10.5 Å². The predicted octanol–water partition coefficient (Wildman–Crippen LogP) is 2.50. The number of carboxylic acids is 1. The van der Waals surface area contributed by atoms with Gasteiger partial charge in [0.2, 0.25) is 0 Å². The maximum Gasteiger partial charge on any atom is 0.313 e. The Morgan fingerprint density at radius 1 is 1.33 bits per heavy atom. The Morgan fingerprint density at radius 3 is 2.83 bits per heavy atom. The van der Waals surface area contributed by atoms with Crippen LogP contribution in [0.5, 0.6) is 0 Å². The van der Waals surface area contributed by atoms with E-state index in [1.807, 2.05) is 50.2 Å². The molecular weight excluding hydrogens is 380 g/mol. The van der Waals surface area contributed by atoms with Crippen molar-refractivity contribution in [3.63, 3.8) is 0 Å². The van der Waals surface area contributed by atoms with Crippen molar-refractivity contribution in [1.82, 2.24) is 10.3 Å². The van der Waals surface area contributed by atoms with Crippen molar-refractivity contribution in [1.29, 1.82) is 0 Å². The Balaban J connectivity index is 1.86. The molecule has 0 aliphatic heterocycles. The SMILES string of the molecule is COC[C@@H](C(=O)O)c1cccc(CCNC(C)(C)C#CCNc2cccnc2N)c1. The first-order valence-electron chi connectivity index (χ1n) is 9.82. The lowest BCUT2D eigenvalue weighted by Gasteiger charge is -2.20. The largest absolute Gasteiger partial charge is 0.481 e. The lowest BCUT2D eigenvalue weighted by molar-refractivity contribution is -0.140. The van der Waals surface area contributed by atoms with Crippen LogP contribution >= 0.6 is 0 Å². The zero-order valence-electron chi connectivity index (χ0n) is 17.7. The molecule has 1 atom stereocenters. The third-order valence-corrected chi connectivity index (χ3v) is 4.57. The number of anilines is 2. The van der Waals surface area contributed by atoms with Gasteiger partial charge in [0.05, 0.1) is 24.4 Å². The van der Waals surface area contributed by atoms with Crippen molar-refractivity contribution in [2.24, 2.45) is 0 Å². The van der Waals surface area contributed by atoms with Gasteiger partial charge in [0, 0.05) is 19.9 Å². The molecule has 0 spiro atoms.